The van der Waals surface area contributed by atoms with Gasteiger partial charge in [0, 0.05) is 16.1 Å². The number of carboxylic acids is 1. The first kappa shape index (κ1) is 14.5. The lowest BCUT2D eigenvalue weighted by Gasteiger charge is -2.24. The number of hydrogen-bond acceptors (Lipinski definition) is 2. The van der Waals surface area contributed by atoms with Gasteiger partial charge in [0.1, 0.15) is 0 Å². The third-order valence-electron chi connectivity index (χ3n) is 2.56. The molecule has 5 heteroatoms. The summed E-state index contributed by atoms with van der Waals surface area (Å²) in [6.07, 6.45) is -0.141. The molecule has 4 nitrogen and oxygen atoms in total. The number of carbonyl (C=O) groups excluding carboxylic acids is 1. The number of amides is 1. The minimum absolute atomic E-state index is 0.141. The molecule has 0 aliphatic rings. The van der Waals surface area contributed by atoms with Crippen molar-refractivity contribution < 1.29 is 14.7 Å². The zero-order valence-corrected chi connectivity index (χ0v) is 11.3. The Labute approximate surface area is 111 Å². The van der Waals surface area contributed by atoms with Crippen molar-refractivity contribution in [3.8, 4) is 0 Å². The van der Waals surface area contributed by atoms with E-state index in [1.807, 2.05) is 0 Å². The van der Waals surface area contributed by atoms with Crippen LogP contribution in [0, 0.1) is 6.92 Å². The molecule has 1 aromatic carbocycles. The second kappa shape index (κ2) is 5.40. The summed E-state index contributed by atoms with van der Waals surface area (Å²) in [5, 5.41) is 12.0. The van der Waals surface area contributed by atoms with Gasteiger partial charge < -0.3 is 10.4 Å². The van der Waals surface area contributed by atoms with E-state index in [1.54, 1.807) is 39.0 Å². The Hall–Kier alpha value is -1.55. The van der Waals surface area contributed by atoms with Crippen LogP contribution in [0.1, 0.15) is 36.2 Å². The summed E-state index contributed by atoms with van der Waals surface area (Å²) in [6, 6.07) is 5.05. The van der Waals surface area contributed by atoms with Crippen LogP contribution in [0.15, 0.2) is 18.2 Å². The number of carboxylic acid groups (broad SMARTS) is 1. The maximum absolute atomic E-state index is 12.1. The van der Waals surface area contributed by atoms with Crippen molar-refractivity contribution in [1.29, 1.82) is 0 Å². The van der Waals surface area contributed by atoms with Gasteiger partial charge in [-0.1, -0.05) is 17.7 Å². The van der Waals surface area contributed by atoms with Gasteiger partial charge in [-0.05, 0) is 38.5 Å². The fourth-order valence-electron chi connectivity index (χ4n) is 1.65. The molecule has 0 bridgehead atoms. The maximum Gasteiger partial charge on any atom is 0.305 e. The first-order chi connectivity index (χ1) is 8.23. The molecular weight excluding hydrogens is 254 g/mol. The Morgan fingerprint density at radius 1 is 1.39 bits per heavy atom. The zero-order valence-electron chi connectivity index (χ0n) is 10.6. The maximum atomic E-state index is 12.1. The standard InChI is InChI=1S/C13H16ClNO3/c1-8-9(5-4-6-10(8)14)12(18)15-13(2,3)7-11(16)17/h4-6H,7H2,1-3H3,(H,15,18)(H,16,17). The number of nitrogens with one attached hydrogen (secondary N) is 1. The Balaban J connectivity index is 2.89. The van der Waals surface area contributed by atoms with Gasteiger partial charge in [0.15, 0.2) is 0 Å². The summed E-state index contributed by atoms with van der Waals surface area (Å²) < 4.78 is 0. The summed E-state index contributed by atoms with van der Waals surface area (Å²) in [7, 11) is 0. The summed E-state index contributed by atoms with van der Waals surface area (Å²) >= 11 is 5.94. The Morgan fingerprint density at radius 3 is 2.56 bits per heavy atom. The Kier molecular flexibility index (Phi) is 4.35. The molecule has 0 heterocycles. The predicted octanol–water partition coefficient (Wildman–Crippen LogP) is 2.63. The highest BCUT2D eigenvalue weighted by Crippen LogP contribution is 2.19. The zero-order chi connectivity index (χ0) is 13.9. The summed E-state index contributed by atoms with van der Waals surface area (Å²) in [5.74, 6) is -1.27. The van der Waals surface area contributed by atoms with Gasteiger partial charge in [-0.15, -0.1) is 0 Å². The highest BCUT2D eigenvalue weighted by Gasteiger charge is 2.25. The molecular formula is C13H16ClNO3. The minimum atomic E-state index is -0.955. The average Bonchev–Trinajstić information content (AvgIpc) is 2.18. The minimum Gasteiger partial charge on any atom is -0.481 e. The van der Waals surface area contributed by atoms with Crippen LogP contribution in [0.5, 0.6) is 0 Å². The lowest BCUT2D eigenvalue weighted by atomic mass is 9.99. The normalized spacial score (nSPS) is 11.1. The number of halogens is 1. The molecule has 0 spiro atoms. The SMILES string of the molecule is Cc1c(Cl)cccc1C(=O)NC(C)(C)CC(=O)O. The van der Waals surface area contributed by atoms with Crippen LogP contribution < -0.4 is 5.32 Å². The van der Waals surface area contributed by atoms with Crippen molar-refractivity contribution in [3.63, 3.8) is 0 Å². The Bertz CT molecular complexity index is 483. The van der Waals surface area contributed by atoms with Crippen molar-refractivity contribution in [1.82, 2.24) is 5.32 Å². The number of benzene rings is 1. The van der Waals surface area contributed by atoms with E-state index in [9.17, 15) is 9.59 Å². The van der Waals surface area contributed by atoms with Crippen LogP contribution in [0.4, 0.5) is 0 Å². The number of aliphatic carboxylic acids is 1. The van der Waals surface area contributed by atoms with E-state index in [2.05, 4.69) is 5.32 Å². The van der Waals surface area contributed by atoms with Gasteiger partial charge in [-0.3, -0.25) is 9.59 Å². The predicted molar refractivity (Wildman–Crippen MR) is 70.0 cm³/mol. The molecule has 0 radical (unpaired) electrons. The van der Waals surface area contributed by atoms with E-state index in [0.717, 1.165) is 0 Å². The van der Waals surface area contributed by atoms with E-state index in [4.69, 9.17) is 16.7 Å². The average molecular weight is 270 g/mol. The summed E-state index contributed by atoms with van der Waals surface area (Å²) in [4.78, 5) is 22.7. The van der Waals surface area contributed by atoms with Crippen LogP contribution in [0.3, 0.4) is 0 Å². The molecule has 2 N–H and O–H groups in total. The van der Waals surface area contributed by atoms with Crippen LogP contribution in [0.2, 0.25) is 5.02 Å². The molecule has 0 fully saturated rings. The molecule has 0 unspecified atom stereocenters. The molecule has 1 aromatic rings. The molecule has 0 aliphatic heterocycles. The molecule has 1 rings (SSSR count). The van der Waals surface area contributed by atoms with Gasteiger partial charge >= 0.3 is 5.97 Å². The van der Waals surface area contributed by atoms with Crippen molar-refractivity contribution in [3.05, 3.63) is 34.3 Å². The van der Waals surface area contributed by atoms with Gasteiger partial charge in [0.2, 0.25) is 0 Å². The fraction of sp³-hybridized carbons (Fsp3) is 0.385. The summed E-state index contributed by atoms with van der Waals surface area (Å²) in [5.41, 5.74) is 0.335. The van der Waals surface area contributed by atoms with E-state index in [1.165, 1.54) is 0 Å². The first-order valence-electron chi connectivity index (χ1n) is 5.52. The molecule has 0 saturated heterocycles. The third-order valence-corrected chi connectivity index (χ3v) is 2.97. The smallest absolute Gasteiger partial charge is 0.305 e. The molecule has 0 aliphatic carbocycles. The lowest BCUT2D eigenvalue weighted by molar-refractivity contribution is -0.138. The van der Waals surface area contributed by atoms with Crippen molar-refractivity contribution >= 4 is 23.5 Å². The van der Waals surface area contributed by atoms with Crippen LogP contribution in [-0.2, 0) is 4.79 Å². The quantitative estimate of drug-likeness (QED) is 0.883. The van der Waals surface area contributed by atoms with E-state index in [0.29, 0.717) is 16.1 Å². The molecule has 98 valence electrons. The molecule has 18 heavy (non-hydrogen) atoms. The summed E-state index contributed by atoms with van der Waals surface area (Å²) in [6.45, 7) is 5.08. The van der Waals surface area contributed by atoms with Crippen LogP contribution >= 0.6 is 11.6 Å². The van der Waals surface area contributed by atoms with Gasteiger partial charge in [-0.25, -0.2) is 0 Å². The van der Waals surface area contributed by atoms with Gasteiger partial charge in [-0.2, -0.15) is 0 Å². The van der Waals surface area contributed by atoms with E-state index in [-0.39, 0.29) is 12.3 Å². The van der Waals surface area contributed by atoms with Crippen LogP contribution in [0.25, 0.3) is 0 Å². The third kappa shape index (κ3) is 3.74. The van der Waals surface area contributed by atoms with Crippen molar-refractivity contribution in [2.24, 2.45) is 0 Å². The van der Waals surface area contributed by atoms with E-state index >= 15 is 0 Å². The Morgan fingerprint density at radius 2 is 2.00 bits per heavy atom. The largest absolute Gasteiger partial charge is 0.481 e. The molecule has 1 amide bonds. The second-order valence-electron chi connectivity index (χ2n) is 4.82. The van der Waals surface area contributed by atoms with Crippen LogP contribution in [-0.4, -0.2) is 22.5 Å². The number of carbonyl (C=O) groups is 2. The fourth-order valence-corrected chi connectivity index (χ4v) is 1.82. The topological polar surface area (TPSA) is 66.4 Å². The van der Waals surface area contributed by atoms with Gasteiger partial charge in [0.25, 0.3) is 5.91 Å². The van der Waals surface area contributed by atoms with Crippen molar-refractivity contribution in [2.45, 2.75) is 32.7 Å². The number of hydrogen-bond donors (Lipinski definition) is 2. The first-order valence-corrected chi connectivity index (χ1v) is 5.90. The molecule has 0 saturated carbocycles. The lowest BCUT2D eigenvalue weighted by Crippen LogP contribution is -2.45. The second-order valence-corrected chi connectivity index (χ2v) is 5.23. The van der Waals surface area contributed by atoms with Gasteiger partial charge in [0.05, 0.1) is 6.42 Å². The monoisotopic (exact) mass is 269 g/mol. The molecule has 0 aromatic heterocycles. The van der Waals surface area contributed by atoms with Crippen molar-refractivity contribution in [2.75, 3.05) is 0 Å². The highest BCUT2D eigenvalue weighted by atomic mass is 35.5. The number of rotatable bonds is 4. The van der Waals surface area contributed by atoms with E-state index < -0.39 is 11.5 Å². The molecule has 0 atom stereocenters. The highest BCUT2D eigenvalue weighted by molar-refractivity contribution is 6.31.